The number of nitrogens with zero attached hydrogens (tertiary/aromatic N) is 1. The van der Waals surface area contributed by atoms with E-state index in [1.165, 1.54) is 0 Å². The van der Waals surface area contributed by atoms with E-state index in [-0.39, 0.29) is 6.54 Å². The lowest BCUT2D eigenvalue weighted by molar-refractivity contribution is -0.135. The fourth-order valence-electron chi connectivity index (χ4n) is 1.99. The highest BCUT2D eigenvalue weighted by molar-refractivity contribution is 5.69. The highest BCUT2D eigenvalue weighted by Crippen LogP contribution is 2.29. The number of carboxylic acid groups (broad SMARTS) is 1. The Morgan fingerprint density at radius 3 is 2.57 bits per heavy atom. The Labute approximate surface area is 125 Å². The van der Waals surface area contributed by atoms with Gasteiger partial charge in [0.15, 0.2) is 0 Å². The van der Waals surface area contributed by atoms with Crippen molar-refractivity contribution < 1.29 is 14.6 Å². The number of aliphatic carboxylic acids is 1. The van der Waals surface area contributed by atoms with Gasteiger partial charge in [-0.2, -0.15) is 0 Å². The van der Waals surface area contributed by atoms with Crippen molar-refractivity contribution in [2.24, 2.45) is 0 Å². The number of carboxylic acids is 1. The molecule has 0 amide bonds. The fourth-order valence-corrected chi connectivity index (χ4v) is 1.99. The van der Waals surface area contributed by atoms with Crippen LogP contribution in [0.3, 0.4) is 0 Å². The molecule has 5 heteroatoms. The zero-order chi connectivity index (χ0) is 15.7. The van der Waals surface area contributed by atoms with Gasteiger partial charge in [0.2, 0.25) is 0 Å². The van der Waals surface area contributed by atoms with Gasteiger partial charge < -0.3 is 20.1 Å². The van der Waals surface area contributed by atoms with Crippen LogP contribution in [0, 0.1) is 0 Å². The Hall–Kier alpha value is -2.27. The van der Waals surface area contributed by atoms with Crippen LogP contribution in [-0.2, 0) is 11.3 Å². The van der Waals surface area contributed by atoms with Crippen molar-refractivity contribution in [3.05, 3.63) is 49.1 Å². The van der Waals surface area contributed by atoms with Gasteiger partial charge in [0.1, 0.15) is 5.75 Å². The molecule has 0 heterocycles. The Bertz CT molecular complexity index is 490. The fraction of sp³-hybridized carbons (Fsp3) is 0.312. The third-order valence-electron chi connectivity index (χ3n) is 2.89. The maximum Gasteiger partial charge on any atom is 0.317 e. The Kier molecular flexibility index (Phi) is 7.04. The standard InChI is InChI=1S/C16H22N2O3/c1-4-8-18(9-5-2)14-7-6-13(10-15(14)21-3)11-17-12-16(19)20/h4-7,10,17H,1-2,8-9,11-12H2,3H3,(H,19,20). The molecule has 0 spiro atoms. The maximum atomic E-state index is 10.5. The number of anilines is 1. The molecule has 0 aliphatic heterocycles. The zero-order valence-electron chi connectivity index (χ0n) is 12.3. The maximum absolute atomic E-state index is 10.5. The predicted octanol–water partition coefficient (Wildman–Crippen LogP) is 2.05. The molecule has 0 radical (unpaired) electrons. The predicted molar refractivity (Wildman–Crippen MR) is 84.9 cm³/mol. The van der Waals surface area contributed by atoms with E-state index in [0.29, 0.717) is 19.6 Å². The van der Waals surface area contributed by atoms with Crippen LogP contribution in [-0.4, -0.2) is 37.8 Å². The van der Waals surface area contributed by atoms with Crippen molar-refractivity contribution in [1.82, 2.24) is 5.32 Å². The lowest BCUT2D eigenvalue weighted by Crippen LogP contribution is -2.24. The molecular weight excluding hydrogens is 268 g/mol. The number of hydrogen-bond acceptors (Lipinski definition) is 4. The quantitative estimate of drug-likeness (QED) is 0.646. The normalized spacial score (nSPS) is 9.95. The van der Waals surface area contributed by atoms with E-state index in [1.54, 1.807) is 7.11 Å². The molecule has 1 aromatic carbocycles. The van der Waals surface area contributed by atoms with Crippen molar-refractivity contribution in [2.75, 3.05) is 31.6 Å². The van der Waals surface area contributed by atoms with E-state index in [0.717, 1.165) is 17.0 Å². The summed E-state index contributed by atoms with van der Waals surface area (Å²) in [7, 11) is 1.62. The average Bonchev–Trinajstić information content (AvgIpc) is 2.46. The van der Waals surface area contributed by atoms with Gasteiger partial charge in [0, 0.05) is 19.6 Å². The number of rotatable bonds is 10. The third kappa shape index (κ3) is 5.31. The molecule has 114 valence electrons. The number of benzene rings is 1. The van der Waals surface area contributed by atoms with Crippen LogP contribution in [0.1, 0.15) is 5.56 Å². The van der Waals surface area contributed by atoms with Crippen LogP contribution in [0.15, 0.2) is 43.5 Å². The molecule has 0 saturated heterocycles. The molecule has 21 heavy (non-hydrogen) atoms. The van der Waals surface area contributed by atoms with E-state index in [4.69, 9.17) is 9.84 Å². The van der Waals surface area contributed by atoms with Gasteiger partial charge in [-0.05, 0) is 17.7 Å². The van der Waals surface area contributed by atoms with E-state index >= 15 is 0 Å². The Morgan fingerprint density at radius 1 is 1.38 bits per heavy atom. The van der Waals surface area contributed by atoms with Gasteiger partial charge in [-0.3, -0.25) is 4.79 Å². The Balaban J connectivity index is 2.88. The summed E-state index contributed by atoms with van der Waals surface area (Å²) < 4.78 is 5.43. The lowest BCUT2D eigenvalue weighted by Gasteiger charge is -2.24. The van der Waals surface area contributed by atoms with Crippen molar-refractivity contribution in [2.45, 2.75) is 6.54 Å². The first kappa shape index (κ1) is 16.8. The van der Waals surface area contributed by atoms with Crippen molar-refractivity contribution in [3.8, 4) is 5.75 Å². The van der Waals surface area contributed by atoms with Gasteiger partial charge >= 0.3 is 5.97 Å². The zero-order valence-corrected chi connectivity index (χ0v) is 12.3. The molecule has 0 aromatic heterocycles. The largest absolute Gasteiger partial charge is 0.495 e. The molecule has 0 fully saturated rings. The average molecular weight is 290 g/mol. The van der Waals surface area contributed by atoms with E-state index < -0.39 is 5.97 Å². The molecule has 5 nitrogen and oxygen atoms in total. The molecule has 1 aromatic rings. The van der Waals surface area contributed by atoms with Gasteiger partial charge in [0.25, 0.3) is 0 Å². The molecular formula is C16H22N2O3. The minimum atomic E-state index is -0.873. The summed E-state index contributed by atoms with van der Waals surface area (Å²) in [6.07, 6.45) is 3.65. The summed E-state index contributed by atoms with van der Waals surface area (Å²) in [6, 6.07) is 5.82. The van der Waals surface area contributed by atoms with Crippen LogP contribution in [0.4, 0.5) is 5.69 Å². The highest BCUT2D eigenvalue weighted by atomic mass is 16.5. The number of ether oxygens (including phenoxy) is 1. The first-order chi connectivity index (χ1) is 10.1. The van der Waals surface area contributed by atoms with Crippen LogP contribution < -0.4 is 15.0 Å². The summed E-state index contributed by atoms with van der Waals surface area (Å²) in [5.74, 6) is -0.130. The molecule has 0 saturated carbocycles. The SMILES string of the molecule is C=CCN(CC=C)c1ccc(CNCC(=O)O)cc1OC. The molecule has 0 aliphatic rings. The van der Waals surface area contributed by atoms with Crippen LogP contribution in [0.5, 0.6) is 5.75 Å². The molecule has 0 bridgehead atoms. The molecule has 0 unspecified atom stereocenters. The third-order valence-corrected chi connectivity index (χ3v) is 2.89. The minimum Gasteiger partial charge on any atom is -0.495 e. The van der Waals surface area contributed by atoms with Gasteiger partial charge in [0.05, 0.1) is 19.3 Å². The first-order valence-corrected chi connectivity index (χ1v) is 6.68. The summed E-state index contributed by atoms with van der Waals surface area (Å²) in [6.45, 7) is 9.31. The number of hydrogen-bond donors (Lipinski definition) is 2. The second kappa shape index (κ2) is 8.81. The topological polar surface area (TPSA) is 61.8 Å². The number of nitrogens with one attached hydrogen (secondary N) is 1. The van der Waals surface area contributed by atoms with Gasteiger partial charge in [-0.1, -0.05) is 18.2 Å². The van der Waals surface area contributed by atoms with Gasteiger partial charge in [-0.25, -0.2) is 0 Å². The van der Waals surface area contributed by atoms with Crippen LogP contribution in [0.2, 0.25) is 0 Å². The van der Waals surface area contributed by atoms with Crippen molar-refractivity contribution >= 4 is 11.7 Å². The smallest absolute Gasteiger partial charge is 0.317 e. The van der Waals surface area contributed by atoms with Crippen molar-refractivity contribution in [3.63, 3.8) is 0 Å². The summed E-state index contributed by atoms with van der Waals surface area (Å²) in [5, 5.41) is 11.5. The van der Waals surface area contributed by atoms with E-state index in [9.17, 15) is 4.79 Å². The Morgan fingerprint density at radius 2 is 2.05 bits per heavy atom. The summed E-state index contributed by atoms with van der Waals surface area (Å²) in [4.78, 5) is 12.6. The lowest BCUT2D eigenvalue weighted by atomic mass is 10.1. The minimum absolute atomic E-state index is 0.0663. The second-order valence-corrected chi connectivity index (χ2v) is 4.49. The van der Waals surface area contributed by atoms with Gasteiger partial charge in [-0.15, -0.1) is 13.2 Å². The van der Waals surface area contributed by atoms with Crippen LogP contribution >= 0.6 is 0 Å². The first-order valence-electron chi connectivity index (χ1n) is 6.68. The van der Waals surface area contributed by atoms with Crippen molar-refractivity contribution in [1.29, 1.82) is 0 Å². The summed E-state index contributed by atoms with van der Waals surface area (Å²) >= 11 is 0. The second-order valence-electron chi connectivity index (χ2n) is 4.49. The summed E-state index contributed by atoms with van der Waals surface area (Å²) in [5.41, 5.74) is 1.92. The molecule has 2 N–H and O–H groups in total. The van der Waals surface area contributed by atoms with E-state index in [1.807, 2.05) is 30.4 Å². The number of methoxy groups -OCH3 is 1. The molecule has 1 rings (SSSR count). The molecule has 0 atom stereocenters. The van der Waals surface area contributed by atoms with Crippen LogP contribution in [0.25, 0.3) is 0 Å². The van der Waals surface area contributed by atoms with E-state index in [2.05, 4.69) is 23.4 Å². The molecule has 0 aliphatic carbocycles. The monoisotopic (exact) mass is 290 g/mol. The highest BCUT2D eigenvalue weighted by Gasteiger charge is 2.10. The number of carbonyl (C=O) groups is 1.